The normalized spacial score (nSPS) is 19.3. The number of carbonyl (C=O) groups is 1. The van der Waals surface area contributed by atoms with Gasteiger partial charge in [0.1, 0.15) is 11.2 Å². The van der Waals surface area contributed by atoms with Gasteiger partial charge in [0.15, 0.2) is 11.6 Å². The average molecular weight is 382 g/mol. The second kappa shape index (κ2) is 6.79. The van der Waals surface area contributed by atoms with Gasteiger partial charge >= 0.3 is 0 Å². The van der Waals surface area contributed by atoms with E-state index in [4.69, 9.17) is 0 Å². The number of nitrogens with one attached hydrogen (secondary N) is 3. The number of amides is 1. The molecule has 0 spiro atoms. The number of hydrogen-bond donors (Lipinski definition) is 4. The highest BCUT2D eigenvalue weighted by molar-refractivity contribution is 5.93. The Labute approximate surface area is 160 Å². The molecule has 1 aliphatic carbocycles. The van der Waals surface area contributed by atoms with Gasteiger partial charge in [-0.3, -0.25) is 9.89 Å². The molecule has 28 heavy (non-hydrogen) atoms. The van der Waals surface area contributed by atoms with Crippen molar-refractivity contribution in [2.45, 2.75) is 37.8 Å². The van der Waals surface area contributed by atoms with Crippen molar-refractivity contribution >= 4 is 29.0 Å². The molecule has 10 nitrogen and oxygen atoms in total. The van der Waals surface area contributed by atoms with E-state index in [1.807, 2.05) is 23.2 Å². The summed E-state index contributed by atoms with van der Waals surface area (Å²) >= 11 is 0. The lowest BCUT2D eigenvalue weighted by molar-refractivity contribution is 0.0946. The van der Waals surface area contributed by atoms with E-state index in [1.54, 1.807) is 10.6 Å². The average Bonchev–Trinajstić information content (AvgIpc) is 3.11. The lowest BCUT2D eigenvalue weighted by Gasteiger charge is -2.23. The first-order chi connectivity index (χ1) is 13.7. The molecule has 1 saturated carbocycles. The molecule has 10 heteroatoms. The van der Waals surface area contributed by atoms with Gasteiger partial charge < -0.3 is 20.6 Å². The zero-order valence-corrected chi connectivity index (χ0v) is 15.3. The van der Waals surface area contributed by atoms with Gasteiger partial charge in [0.2, 0.25) is 5.95 Å². The van der Waals surface area contributed by atoms with Gasteiger partial charge in [-0.2, -0.15) is 10.1 Å². The summed E-state index contributed by atoms with van der Waals surface area (Å²) in [6, 6.07) is 5.80. The molecule has 1 aliphatic heterocycles. The van der Waals surface area contributed by atoms with Gasteiger partial charge in [0, 0.05) is 24.8 Å². The van der Waals surface area contributed by atoms with Crippen molar-refractivity contribution in [1.29, 1.82) is 0 Å². The number of rotatable bonds is 6. The van der Waals surface area contributed by atoms with Crippen molar-refractivity contribution in [3.8, 4) is 0 Å². The molecule has 0 bridgehead atoms. The molecule has 1 amide bonds. The van der Waals surface area contributed by atoms with Crippen LogP contribution in [0.1, 0.15) is 36.2 Å². The van der Waals surface area contributed by atoms with Gasteiger partial charge in [0.05, 0.1) is 12.6 Å². The van der Waals surface area contributed by atoms with Gasteiger partial charge in [0.25, 0.3) is 5.91 Å². The third-order valence-electron chi connectivity index (χ3n) is 5.21. The molecule has 4 N–H and O–H groups in total. The summed E-state index contributed by atoms with van der Waals surface area (Å²) in [5, 5.41) is 27.3. The fourth-order valence-electron chi connectivity index (χ4n) is 3.54. The maximum absolute atomic E-state index is 12.2. The Morgan fingerprint density at radius 1 is 1.36 bits per heavy atom. The molecule has 3 aromatic rings. The standard InChI is InChI=1S/C18H22N8O2/c27-10-12-3-1-7-25(12)18-21-16(14-4-2-8-26(14)24-18)20-15-9-13(22-23-15)17(28)19-11-5-6-11/h2,4,8-9,11-12,27H,1,3,5-7,10H2,(H,19,28)(H2,20,21,22,23,24)/t12-/m0/s1. The minimum Gasteiger partial charge on any atom is -0.394 e. The second-order valence-corrected chi connectivity index (χ2v) is 7.31. The number of fused-ring (bicyclic) bond motifs is 1. The maximum atomic E-state index is 12.2. The van der Waals surface area contributed by atoms with E-state index in [0.29, 0.717) is 23.3 Å². The van der Waals surface area contributed by atoms with Crippen LogP contribution in [0.3, 0.4) is 0 Å². The minimum atomic E-state index is -0.151. The first-order valence-corrected chi connectivity index (χ1v) is 9.57. The number of nitrogens with zero attached hydrogens (tertiary/aromatic N) is 5. The summed E-state index contributed by atoms with van der Waals surface area (Å²) < 4.78 is 1.75. The van der Waals surface area contributed by atoms with Crippen LogP contribution >= 0.6 is 0 Å². The molecule has 2 aliphatic rings. The maximum Gasteiger partial charge on any atom is 0.269 e. The SMILES string of the molecule is O=C(NC1CC1)c1cc(Nc2nc(N3CCC[C@H]3CO)nn3cccc23)n[nH]1. The van der Waals surface area contributed by atoms with E-state index in [2.05, 4.69) is 30.9 Å². The smallest absolute Gasteiger partial charge is 0.269 e. The zero-order chi connectivity index (χ0) is 19.1. The predicted octanol–water partition coefficient (Wildman–Crippen LogP) is 1.05. The quantitative estimate of drug-likeness (QED) is 0.502. The van der Waals surface area contributed by atoms with Crippen LogP contribution in [-0.4, -0.2) is 61.0 Å². The first-order valence-electron chi connectivity index (χ1n) is 9.57. The van der Waals surface area contributed by atoms with Gasteiger partial charge in [-0.05, 0) is 37.8 Å². The van der Waals surface area contributed by atoms with Crippen LogP contribution in [0.2, 0.25) is 0 Å². The topological polar surface area (TPSA) is 123 Å². The molecule has 1 saturated heterocycles. The summed E-state index contributed by atoms with van der Waals surface area (Å²) in [6.45, 7) is 0.889. The lowest BCUT2D eigenvalue weighted by atomic mass is 10.2. The highest BCUT2D eigenvalue weighted by atomic mass is 16.3. The zero-order valence-electron chi connectivity index (χ0n) is 15.3. The summed E-state index contributed by atoms with van der Waals surface area (Å²) in [6.07, 6.45) is 5.85. The number of H-pyrrole nitrogens is 1. The molecule has 3 aromatic heterocycles. The molecule has 0 radical (unpaired) electrons. The second-order valence-electron chi connectivity index (χ2n) is 7.31. The largest absolute Gasteiger partial charge is 0.394 e. The Morgan fingerprint density at radius 2 is 2.25 bits per heavy atom. The van der Waals surface area contributed by atoms with E-state index in [9.17, 15) is 9.90 Å². The Balaban J connectivity index is 1.43. The Bertz CT molecular complexity index is 1010. The predicted molar refractivity (Wildman–Crippen MR) is 103 cm³/mol. The number of aliphatic hydroxyl groups excluding tert-OH is 1. The molecule has 2 fully saturated rings. The third kappa shape index (κ3) is 3.15. The van der Waals surface area contributed by atoms with Crippen molar-refractivity contribution < 1.29 is 9.90 Å². The summed E-state index contributed by atoms with van der Waals surface area (Å²) in [5.74, 6) is 1.51. The number of aliphatic hydroxyl groups is 1. The molecule has 0 aromatic carbocycles. The number of aromatic nitrogens is 5. The van der Waals surface area contributed by atoms with E-state index in [1.165, 1.54) is 0 Å². The van der Waals surface area contributed by atoms with Crippen LogP contribution in [-0.2, 0) is 0 Å². The minimum absolute atomic E-state index is 0.0315. The van der Waals surface area contributed by atoms with E-state index in [-0.39, 0.29) is 24.6 Å². The van der Waals surface area contributed by atoms with Gasteiger partial charge in [-0.1, -0.05) is 0 Å². The van der Waals surface area contributed by atoms with E-state index >= 15 is 0 Å². The molecule has 4 heterocycles. The van der Waals surface area contributed by atoms with E-state index < -0.39 is 0 Å². The van der Waals surface area contributed by atoms with Gasteiger partial charge in [-0.25, -0.2) is 4.52 Å². The summed E-state index contributed by atoms with van der Waals surface area (Å²) in [5.41, 5.74) is 1.21. The first kappa shape index (κ1) is 17.0. The number of carbonyl (C=O) groups excluding carboxylic acids is 1. The third-order valence-corrected chi connectivity index (χ3v) is 5.21. The summed E-state index contributed by atoms with van der Waals surface area (Å²) in [7, 11) is 0. The monoisotopic (exact) mass is 382 g/mol. The number of hydrogen-bond acceptors (Lipinski definition) is 7. The number of anilines is 3. The van der Waals surface area contributed by atoms with Crippen LogP contribution < -0.4 is 15.5 Å². The molecular weight excluding hydrogens is 360 g/mol. The van der Waals surface area contributed by atoms with Crippen LogP contribution in [0.5, 0.6) is 0 Å². The van der Waals surface area contributed by atoms with Crippen LogP contribution in [0.15, 0.2) is 24.4 Å². The molecule has 0 unspecified atom stereocenters. The Hall–Kier alpha value is -3.14. The van der Waals surface area contributed by atoms with Gasteiger partial charge in [-0.15, -0.1) is 5.10 Å². The highest BCUT2D eigenvalue weighted by Gasteiger charge is 2.27. The Kier molecular flexibility index (Phi) is 4.12. The van der Waals surface area contributed by atoms with Crippen LogP contribution in [0.4, 0.5) is 17.6 Å². The number of aromatic amines is 1. The highest BCUT2D eigenvalue weighted by Crippen LogP contribution is 2.26. The lowest BCUT2D eigenvalue weighted by Crippen LogP contribution is -2.34. The van der Waals surface area contributed by atoms with Crippen LogP contribution in [0, 0.1) is 0 Å². The van der Waals surface area contributed by atoms with E-state index in [0.717, 1.165) is 37.7 Å². The van der Waals surface area contributed by atoms with Crippen LogP contribution in [0.25, 0.3) is 5.52 Å². The molecule has 146 valence electrons. The Morgan fingerprint density at radius 3 is 3.07 bits per heavy atom. The van der Waals surface area contributed by atoms with Crippen molar-refractivity contribution in [2.24, 2.45) is 0 Å². The summed E-state index contributed by atoms with van der Waals surface area (Å²) in [4.78, 5) is 18.9. The fourth-order valence-corrected chi connectivity index (χ4v) is 3.54. The van der Waals surface area contributed by atoms with Crippen molar-refractivity contribution in [3.63, 3.8) is 0 Å². The van der Waals surface area contributed by atoms with Crippen molar-refractivity contribution in [3.05, 3.63) is 30.1 Å². The van der Waals surface area contributed by atoms with Crippen molar-refractivity contribution in [2.75, 3.05) is 23.4 Å². The molecular formula is C18H22N8O2. The molecule has 5 rings (SSSR count). The molecule has 1 atom stereocenters. The fraction of sp³-hybridized carbons (Fsp3) is 0.444. The van der Waals surface area contributed by atoms with Crippen molar-refractivity contribution in [1.82, 2.24) is 30.1 Å².